The highest BCUT2D eigenvalue weighted by Crippen LogP contribution is 2.29. The van der Waals surface area contributed by atoms with Crippen molar-refractivity contribution in [3.05, 3.63) is 60.5 Å². The number of halogens is 1. The lowest BCUT2D eigenvalue weighted by atomic mass is 9.94. The molecule has 164 valence electrons. The van der Waals surface area contributed by atoms with Crippen LogP contribution in [-0.2, 0) is 11.3 Å². The van der Waals surface area contributed by atoms with Crippen LogP contribution < -0.4 is 5.32 Å². The van der Waals surface area contributed by atoms with E-state index in [0.29, 0.717) is 12.6 Å². The van der Waals surface area contributed by atoms with Gasteiger partial charge in [0.1, 0.15) is 12.4 Å². The average Bonchev–Trinajstić information content (AvgIpc) is 3.20. The van der Waals surface area contributed by atoms with Crippen LogP contribution >= 0.6 is 0 Å². The molecule has 0 unspecified atom stereocenters. The number of hydrogen-bond donors (Lipinski definition) is 1. The standard InChI is InChI=1S/C26H32FN3O/c1-29(23-8-3-2-4-9-23)17-6-16-28-25(31)19-30-18-15-21-7-5-10-24(26(21)30)20-11-13-22(27)14-12-20/h5,7,10-15,18,23H,2-4,6,8-9,16-17,19H2,1H3,(H,28,31). The number of carbonyl (C=O) groups is 1. The van der Waals surface area contributed by atoms with E-state index in [2.05, 4.69) is 17.3 Å². The van der Waals surface area contributed by atoms with Gasteiger partial charge >= 0.3 is 0 Å². The first-order valence-electron chi connectivity index (χ1n) is 11.4. The van der Waals surface area contributed by atoms with Gasteiger partial charge in [0.2, 0.25) is 5.91 Å². The predicted molar refractivity (Wildman–Crippen MR) is 124 cm³/mol. The van der Waals surface area contributed by atoms with Crippen molar-refractivity contribution in [2.45, 2.75) is 51.1 Å². The van der Waals surface area contributed by atoms with E-state index in [1.165, 1.54) is 44.2 Å². The summed E-state index contributed by atoms with van der Waals surface area (Å²) in [6.07, 6.45) is 9.59. The summed E-state index contributed by atoms with van der Waals surface area (Å²) in [6.45, 7) is 1.99. The van der Waals surface area contributed by atoms with Crippen LogP contribution in [0.4, 0.5) is 4.39 Å². The van der Waals surface area contributed by atoms with E-state index in [1.54, 1.807) is 12.1 Å². The van der Waals surface area contributed by atoms with E-state index in [-0.39, 0.29) is 18.3 Å². The molecule has 1 aromatic heterocycles. The average molecular weight is 422 g/mol. The smallest absolute Gasteiger partial charge is 0.239 e. The molecule has 1 aliphatic rings. The van der Waals surface area contributed by atoms with E-state index < -0.39 is 0 Å². The second-order valence-electron chi connectivity index (χ2n) is 8.67. The molecule has 0 saturated heterocycles. The highest BCUT2D eigenvalue weighted by molar-refractivity contribution is 5.95. The SMILES string of the molecule is CN(CCCNC(=O)Cn1ccc2cccc(-c3ccc(F)cc3)c21)C1CCCCC1. The Morgan fingerprint density at radius 2 is 1.87 bits per heavy atom. The molecule has 1 heterocycles. The van der Waals surface area contributed by atoms with Crippen LogP contribution in [0.15, 0.2) is 54.7 Å². The zero-order valence-corrected chi connectivity index (χ0v) is 18.3. The molecule has 0 atom stereocenters. The molecule has 1 saturated carbocycles. The van der Waals surface area contributed by atoms with Gasteiger partial charge in [-0.15, -0.1) is 0 Å². The van der Waals surface area contributed by atoms with Crippen molar-refractivity contribution >= 4 is 16.8 Å². The van der Waals surface area contributed by atoms with Crippen molar-refractivity contribution in [3.8, 4) is 11.1 Å². The molecule has 0 bridgehead atoms. The number of nitrogens with zero attached hydrogens (tertiary/aromatic N) is 2. The zero-order valence-electron chi connectivity index (χ0n) is 18.3. The van der Waals surface area contributed by atoms with E-state index in [9.17, 15) is 9.18 Å². The monoisotopic (exact) mass is 421 g/mol. The summed E-state index contributed by atoms with van der Waals surface area (Å²) in [7, 11) is 2.21. The molecule has 0 aliphatic heterocycles. The molecule has 31 heavy (non-hydrogen) atoms. The molecule has 4 nitrogen and oxygen atoms in total. The maximum Gasteiger partial charge on any atom is 0.239 e. The van der Waals surface area contributed by atoms with Gasteiger partial charge < -0.3 is 14.8 Å². The van der Waals surface area contributed by atoms with Crippen LogP contribution in [-0.4, -0.2) is 41.6 Å². The summed E-state index contributed by atoms with van der Waals surface area (Å²) in [5.41, 5.74) is 2.95. The largest absolute Gasteiger partial charge is 0.355 e. The summed E-state index contributed by atoms with van der Waals surface area (Å²) in [6, 6.07) is 15.3. The minimum Gasteiger partial charge on any atom is -0.355 e. The molecule has 4 rings (SSSR count). The first-order chi connectivity index (χ1) is 15.1. The molecule has 1 amide bonds. The summed E-state index contributed by atoms with van der Waals surface area (Å²) >= 11 is 0. The Morgan fingerprint density at radius 3 is 2.65 bits per heavy atom. The Hall–Kier alpha value is -2.66. The van der Waals surface area contributed by atoms with E-state index in [0.717, 1.165) is 35.0 Å². The fourth-order valence-electron chi connectivity index (χ4n) is 4.73. The molecular formula is C26H32FN3O. The van der Waals surface area contributed by atoms with Crippen LogP contribution in [0.5, 0.6) is 0 Å². The third kappa shape index (κ3) is 5.34. The van der Waals surface area contributed by atoms with Crippen LogP contribution in [0.2, 0.25) is 0 Å². The Balaban J connectivity index is 1.35. The fraction of sp³-hybridized carbons (Fsp3) is 0.423. The van der Waals surface area contributed by atoms with E-state index in [1.807, 2.05) is 35.0 Å². The first-order valence-corrected chi connectivity index (χ1v) is 11.4. The van der Waals surface area contributed by atoms with Crippen molar-refractivity contribution in [2.75, 3.05) is 20.1 Å². The van der Waals surface area contributed by atoms with E-state index >= 15 is 0 Å². The van der Waals surface area contributed by atoms with Crippen molar-refractivity contribution in [2.24, 2.45) is 0 Å². The second-order valence-corrected chi connectivity index (χ2v) is 8.67. The van der Waals surface area contributed by atoms with Crippen molar-refractivity contribution < 1.29 is 9.18 Å². The summed E-state index contributed by atoms with van der Waals surface area (Å²) in [4.78, 5) is 15.1. The molecule has 3 aromatic rings. The molecule has 1 N–H and O–H groups in total. The van der Waals surface area contributed by atoms with Crippen LogP contribution in [0.25, 0.3) is 22.0 Å². The van der Waals surface area contributed by atoms with Crippen molar-refractivity contribution in [1.82, 2.24) is 14.8 Å². The lowest BCUT2D eigenvalue weighted by molar-refractivity contribution is -0.121. The minimum atomic E-state index is -0.250. The predicted octanol–water partition coefficient (Wildman–Crippen LogP) is 5.22. The topological polar surface area (TPSA) is 37.3 Å². The maximum atomic E-state index is 13.3. The highest BCUT2D eigenvalue weighted by atomic mass is 19.1. The first kappa shape index (κ1) is 21.6. The number of fused-ring (bicyclic) bond motifs is 1. The number of hydrogen-bond acceptors (Lipinski definition) is 2. The summed E-state index contributed by atoms with van der Waals surface area (Å²) in [5.74, 6) is -0.230. The third-order valence-electron chi connectivity index (χ3n) is 6.47. The molecular weight excluding hydrogens is 389 g/mol. The van der Waals surface area contributed by atoms with Gasteiger partial charge in [0, 0.05) is 29.7 Å². The lowest BCUT2D eigenvalue weighted by Gasteiger charge is -2.31. The van der Waals surface area contributed by atoms with Crippen LogP contribution in [0, 0.1) is 5.82 Å². The number of benzene rings is 2. The van der Waals surface area contributed by atoms with Gasteiger partial charge in [-0.1, -0.05) is 49.6 Å². The van der Waals surface area contributed by atoms with E-state index in [4.69, 9.17) is 0 Å². The van der Waals surface area contributed by atoms with Crippen LogP contribution in [0.1, 0.15) is 38.5 Å². The Morgan fingerprint density at radius 1 is 1.10 bits per heavy atom. The quantitative estimate of drug-likeness (QED) is 0.507. The summed E-state index contributed by atoms with van der Waals surface area (Å²) < 4.78 is 15.3. The van der Waals surface area contributed by atoms with Gasteiger partial charge in [-0.25, -0.2) is 4.39 Å². The summed E-state index contributed by atoms with van der Waals surface area (Å²) in [5, 5.41) is 4.15. The Kier molecular flexibility index (Phi) is 7.03. The third-order valence-corrected chi connectivity index (χ3v) is 6.47. The molecule has 1 fully saturated rings. The minimum absolute atomic E-state index is 0.0201. The molecule has 2 aromatic carbocycles. The van der Waals surface area contributed by atoms with Gasteiger partial charge in [0.25, 0.3) is 0 Å². The number of amides is 1. The maximum absolute atomic E-state index is 13.3. The molecule has 1 aliphatic carbocycles. The van der Waals surface area contributed by atoms with Gasteiger partial charge in [-0.3, -0.25) is 4.79 Å². The van der Waals surface area contributed by atoms with Crippen molar-refractivity contribution in [3.63, 3.8) is 0 Å². The number of para-hydroxylation sites is 1. The number of nitrogens with one attached hydrogen (secondary N) is 1. The Labute approximate surface area is 184 Å². The molecule has 5 heteroatoms. The zero-order chi connectivity index (χ0) is 21.6. The fourth-order valence-corrected chi connectivity index (χ4v) is 4.73. The highest BCUT2D eigenvalue weighted by Gasteiger charge is 2.17. The lowest BCUT2D eigenvalue weighted by Crippen LogP contribution is -2.36. The normalized spacial score (nSPS) is 14.9. The van der Waals surface area contributed by atoms with Crippen LogP contribution in [0.3, 0.4) is 0 Å². The van der Waals surface area contributed by atoms with Gasteiger partial charge in [-0.05, 0) is 56.6 Å². The number of rotatable bonds is 8. The second kappa shape index (κ2) is 10.1. The molecule has 0 spiro atoms. The molecule has 0 radical (unpaired) electrons. The van der Waals surface area contributed by atoms with Gasteiger partial charge in [-0.2, -0.15) is 0 Å². The van der Waals surface area contributed by atoms with Crippen molar-refractivity contribution in [1.29, 1.82) is 0 Å². The van der Waals surface area contributed by atoms with Gasteiger partial charge in [0.15, 0.2) is 0 Å². The Bertz CT molecular complexity index is 1010. The number of carbonyl (C=O) groups excluding carboxylic acids is 1. The number of aromatic nitrogens is 1. The van der Waals surface area contributed by atoms with Gasteiger partial charge in [0.05, 0.1) is 5.52 Å².